The van der Waals surface area contributed by atoms with Crippen molar-refractivity contribution in [2.45, 2.75) is 46.6 Å². The number of hydrogen-bond donors (Lipinski definition) is 0. The maximum absolute atomic E-state index is 5.36. The monoisotopic (exact) mass is 144 g/mol. The number of rotatable bonds is 1. The van der Waals surface area contributed by atoms with E-state index in [1.165, 1.54) is 12.8 Å². The third kappa shape index (κ3) is 2.70. The van der Waals surface area contributed by atoms with Crippen molar-refractivity contribution in [3.63, 3.8) is 0 Å². The molecule has 1 aliphatic rings. The first-order valence-corrected chi connectivity index (χ1v) is 4.46. The average Bonchev–Trinajstić information content (AvgIpc) is 2.39. The summed E-state index contributed by atoms with van der Waals surface area (Å²) in [4.78, 5) is 0. The van der Waals surface area contributed by atoms with Crippen molar-refractivity contribution in [2.75, 3.05) is 6.61 Å². The molecule has 1 rings (SSSR count). The highest BCUT2D eigenvalue weighted by molar-refractivity contribution is 4.70. The molecule has 0 aromatic heterocycles. The van der Waals surface area contributed by atoms with E-state index in [-0.39, 0.29) is 0 Å². The van der Waals surface area contributed by atoms with Crippen molar-refractivity contribution in [1.29, 1.82) is 0 Å². The van der Waals surface area contributed by atoms with Gasteiger partial charge in [-0.1, -0.05) is 27.2 Å². The fourth-order valence-electron chi connectivity index (χ4n) is 1.31. The van der Waals surface area contributed by atoms with Gasteiger partial charge in [0.1, 0.15) is 0 Å². The van der Waals surface area contributed by atoms with Crippen LogP contribution in [0.4, 0.5) is 0 Å². The van der Waals surface area contributed by atoms with Crippen LogP contribution in [0.1, 0.15) is 40.5 Å². The summed E-state index contributed by atoms with van der Waals surface area (Å²) in [6.07, 6.45) is 3.08. The minimum atomic E-state index is 0.528. The second-order valence-electron chi connectivity index (χ2n) is 2.53. The van der Waals surface area contributed by atoms with Crippen LogP contribution in [0.25, 0.3) is 0 Å². The minimum Gasteiger partial charge on any atom is -0.378 e. The molecule has 1 fully saturated rings. The Labute approximate surface area is 64.8 Å². The Kier molecular flexibility index (Phi) is 5.70. The zero-order chi connectivity index (χ0) is 7.98. The molecule has 0 spiro atoms. The van der Waals surface area contributed by atoms with Gasteiger partial charge in [0.25, 0.3) is 0 Å². The molecule has 0 N–H and O–H groups in total. The van der Waals surface area contributed by atoms with Crippen LogP contribution in [0.15, 0.2) is 0 Å². The minimum absolute atomic E-state index is 0.528. The van der Waals surface area contributed by atoms with Crippen LogP contribution in [0.3, 0.4) is 0 Å². The van der Waals surface area contributed by atoms with E-state index >= 15 is 0 Å². The van der Waals surface area contributed by atoms with Crippen molar-refractivity contribution in [1.82, 2.24) is 0 Å². The second-order valence-corrected chi connectivity index (χ2v) is 2.53. The van der Waals surface area contributed by atoms with Gasteiger partial charge in [0.05, 0.1) is 6.10 Å². The van der Waals surface area contributed by atoms with E-state index in [4.69, 9.17) is 4.74 Å². The lowest BCUT2D eigenvalue weighted by Gasteiger charge is -2.09. The van der Waals surface area contributed by atoms with Gasteiger partial charge >= 0.3 is 0 Å². The van der Waals surface area contributed by atoms with E-state index in [2.05, 4.69) is 13.8 Å². The van der Waals surface area contributed by atoms with Crippen LogP contribution in [0, 0.1) is 5.92 Å². The highest BCUT2D eigenvalue weighted by Gasteiger charge is 2.21. The lowest BCUT2D eigenvalue weighted by atomic mass is 10.0. The Morgan fingerprint density at radius 2 is 2.00 bits per heavy atom. The van der Waals surface area contributed by atoms with Crippen LogP contribution in [-0.4, -0.2) is 12.7 Å². The molecule has 0 saturated carbocycles. The largest absolute Gasteiger partial charge is 0.378 e. The van der Waals surface area contributed by atoms with Gasteiger partial charge in [-0.3, -0.25) is 0 Å². The van der Waals surface area contributed by atoms with E-state index in [0.717, 1.165) is 12.5 Å². The average molecular weight is 144 g/mol. The molecule has 10 heavy (non-hydrogen) atoms. The predicted octanol–water partition coefficient (Wildman–Crippen LogP) is 2.85. The molecule has 1 aliphatic heterocycles. The highest BCUT2D eigenvalue weighted by Crippen LogP contribution is 2.22. The van der Waals surface area contributed by atoms with Gasteiger partial charge in [-0.15, -0.1) is 0 Å². The first kappa shape index (κ1) is 9.96. The van der Waals surface area contributed by atoms with Crippen molar-refractivity contribution < 1.29 is 4.74 Å². The van der Waals surface area contributed by atoms with Gasteiger partial charge < -0.3 is 4.74 Å². The van der Waals surface area contributed by atoms with Crippen LogP contribution in [0.5, 0.6) is 0 Å². The van der Waals surface area contributed by atoms with Gasteiger partial charge in [0, 0.05) is 6.61 Å². The maximum Gasteiger partial charge on any atom is 0.0575 e. The Balaban J connectivity index is 0.000000371. The summed E-state index contributed by atoms with van der Waals surface area (Å²) >= 11 is 0. The molecule has 0 radical (unpaired) electrons. The van der Waals surface area contributed by atoms with Crippen molar-refractivity contribution in [3.8, 4) is 0 Å². The molecule has 1 heterocycles. The molecule has 0 aromatic carbocycles. The quantitative estimate of drug-likeness (QED) is 0.550. The molecular weight excluding hydrogens is 124 g/mol. The zero-order valence-electron chi connectivity index (χ0n) is 7.68. The lowest BCUT2D eigenvalue weighted by molar-refractivity contribution is 0.105. The number of hydrogen-bond acceptors (Lipinski definition) is 1. The molecular formula is C9H20O. The van der Waals surface area contributed by atoms with Crippen LogP contribution in [-0.2, 0) is 4.74 Å². The van der Waals surface area contributed by atoms with Crippen molar-refractivity contribution >= 4 is 0 Å². The van der Waals surface area contributed by atoms with Crippen LogP contribution < -0.4 is 0 Å². The molecule has 2 atom stereocenters. The van der Waals surface area contributed by atoms with Gasteiger partial charge in [-0.25, -0.2) is 0 Å². The summed E-state index contributed by atoms with van der Waals surface area (Å²) in [5, 5.41) is 0. The molecule has 0 bridgehead atoms. The zero-order valence-corrected chi connectivity index (χ0v) is 7.68. The summed E-state index contributed by atoms with van der Waals surface area (Å²) in [6.45, 7) is 9.39. The smallest absolute Gasteiger partial charge is 0.0575 e. The third-order valence-corrected chi connectivity index (χ3v) is 2.06. The van der Waals surface area contributed by atoms with Gasteiger partial charge in [0.15, 0.2) is 0 Å². The Hall–Kier alpha value is -0.0400. The van der Waals surface area contributed by atoms with E-state index in [1.807, 2.05) is 13.8 Å². The van der Waals surface area contributed by atoms with Crippen molar-refractivity contribution in [3.05, 3.63) is 0 Å². The fourth-order valence-corrected chi connectivity index (χ4v) is 1.31. The predicted molar refractivity (Wildman–Crippen MR) is 45.2 cm³/mol. The van der Waals surface area contributed by atoms with Gasteiger partial charge in [-0.05, 0) is 19.3 Å². The molecule has 1 nitrogen and oxygen atoms in total. The molecule has 0 amide bonds. The highest BCUT2D eigenvalue weighted by atomic mass is 16.5. The molecule has 0 aliphatic carbocycles. The van der Waals surface area contributed by atoms with E-state index in [1.54, 1.807) is 0 Å². The molecule has 1 heteroatoms. The Morgan fingerprint density at radius 3 is 2.20 bits per heavy atom. The first-order valence-electron chi connectivity index (χ1n) is 4.46. The SMILES string of the molecule is CC.CCC1CCOC1C. The van der Waals surface area contributed by atoms with Crippen LogP contribution in [0.2, 0.25) is 0 Å². The molecule has 2 unspecified atom stereocenters. The topological polar surface area (TPSA) is 9.23 Å². The molecule has 1 saturated heterocycles. The normalized spacial score (nSPS) is 31.2. The summed E-state index contributed by atoms with van der Waals surface area (Å²) in [6, 6.07) is 0. The van der Waals surface area contributed by atoms with Gasteiger partial charge in [0.2, 0.25) is 0 Å². The van der Waals surface area contributed by atoms with E-state index < -0.39 is 0 Å². The lowest BCUT2D eigenvalue weighted by Crippen LogP contribution is -2.09. The molecule has 62 valence electrons. The molecule has 0 aromatic rings. The second kappa shape index (κ2) is 5.72. The van der Waals surface area contributed by atoms with E-state index in [9.17, 15) is 0 Å². The summed E-state index contributed by atoms with van der Waals surface area (Å²) in [5.41, 5.74) is 0. The maximum atomic E-state index is 5.36. The van der Waals surface area contributed by atoms with Crippen molar-refractivity contribution in [2.24, 2.45) is 5.92 Å². The number of ether oxygens (including phenoxy) is 1. The summed E-state index contributed by atoms with van der Waals surface area (Å²) < 4.78 is 5.36. The summed E-state index contributed by atoms with van der Waals surface area (Å²) in [5.74, 6) is 0.843. The standard InChI is InChI=1S/C7H14O.C2H6/c1-3-7-4-5-8-6(7)2;1-2/h6-7H,3-5H2,1-2H3;1-2H3. The Bertz CT molecular complexity index is 71.1. The first-order chi connectivity index (χ1) is 4.84. The van der Waals surface area contributed by atoms with Crippen LogP contribution >= 0.6 is 0 Å². The van der Waals surface area contributed by atoms with Gasteiger partial charge in [-0.2, -0.15) is 0 Å². The Morgan fingerprint density at radius 1 is 1.40 bits per heavy atom. The fraction of sp³-hybridized carbons (Fsp3) is 1.00. The summed E-state index contributed by atoms with van der Waals surface area (Å²) in [7, 11) is 0. The third-order valence-electron chi connectivity index (χ3n) is 2.06. The van der Waals surface area contributed by atoms with E-state index in [0.29, 0.717) is 6.10 Å².